The molecule has 3 aromatic rings. The first-order valence-electron chi connectivity index (χ1n) is 23.2. The van der Waals surface area contributed by atoms with Crippen LogP contribution in [0, 0.1) is 17.3 Å². The Labute approximate surface area is 389 Å². The van der Waals surface area contributed by atoms with Crippen molar-refractivity contribution in [1.82, 2.24) is 40.4 Å². The summed E-state index contributed by atoms with van der Waals surface area (Å²) in [5, 5.41) is 29.7. The number of esters is 1. The monoisotopic (exact) mass is 923 g/mol. The van der Waals surface area contributed by atoms with Crippen molar-refractivity contribution >= 4 is 46.7 Å². The molecule has 65 heavy (non-hydrogen) atoms. The summed E-state index contributed by atoms with van der Waals surface area (Å²) >= 11 is 1.18. The summed E-state index contributed by atoms with van der Waals surface area (Å²) < 4.78 is 7.69. The quantitative estimate of drug-likeness (QED) is 0.0499. The van der Waals surface area contributed by atoms with Gasteiger partial charge in [0.05, 0.1) is 23.7 Å². The molecular weight excluding hydrogens is 849 g/mol. The van der Waals surface area contributed by atoms with Gasteiger partial charge in [0.1, 0.15) is 16.7 Å². The van der Waals surface area contributed by atoms with Crippen molar-refractivity contribution in [3.05, 3.63) is 57.8 Å². The Balaban J connectivity index is 1.63. The number of rotatable bonds is 26. The highest BCUT2D eigenvalue weighted by atomic mass is 32.1. The van der Waals surface area contributed by atoms with Gasteiger partial charge in [-0.2, -0.15) is 0 Å². The van der Waals surface area contributed by atoms with E-state index < -0.39 is 47.5 Å². The van der Waals surface area contributed by atoms with Crippen molar-refractivity contribution in [1.29, 1.82) is 0 Å². The molecule has 18 heteroatoms. The van der Waals surface area contributed by atoms with E-state index in [0.717, 1.165) is 42.8 Å². The number of carbonyl (C=O) groups is 5. The number of benzene rings is 1. The van der Waals surface area contributed by atoms with Crippen molar-refractivity contribution in [3.8, 4) is 0 Å². The number of carboxylic acid groups (broad SMARTS) is 1. The number of aryl methyl sites for hydroxylation is 1. The van der Waals surface area contributed by atoms with Crippen LogP contribution in [0.4, 0.5) is 5.69 Å². The number of aromatic nitrogens is 4. The molecule has 0 unspecified atom stereocenters. The number of amides is 3. The molecular formula is C47H74N10O7S. The van der Waals surface area contributed by atoms with Crippen LogP contribution in [0.5, 0.6) is 0 Å². The Hall–Kier alpha value is -4.94. The van der Waals surface area contributed by atoms with E-state index in [1.807, 2.05) is 77.2 Å². The van der Waals surface area contributed by atoms with Crippen molar-refractivity contribution in [2.45, 2.75) is 149 Å². The highest BCUT2D eigenvalue weighted by Gasteiger charge is 2.39. The number of thiazole rings is 1. The normalized spacial score (nSPS) is 16.8. The minimum atomic E-state index is -1.13. The number of carboxylic acids is 1. The molecule has 4 rings (SSSR count). The highest BCUT2D eigenvalue weighted by molar-refractivity contribution is 7.09. The maximum absolute atomic E-state index is 15.1. The lowest BCUT2D eigenvalue weighted by Gasteiger charge is -2.40. The van der Waals surface area contributed by atoms with Crippen molar-refractivity contribution in [2.24, 2.45) is 23.0 Å². The summed E-state index contributed by atoms with van der Waals surface area (Å²) in [5.41, 5.74) is 7.37. The van der Waals surface area contributed by atoms with E-state index in [2.05, 4.69) is 31.2 Å². The first-order chi connectivity index (χ1) is 30.9. The molecule has 0 spiro atoms. The van der Waals surface area contributed by atoms with E-state index in [1.54, 1.807) is 23.9 Å². The average Bonchev–Trinajstić information content (AvgIpc) is 3.95. The van der Waals surface area contributed by atoms with E-state index >= 15 is 4.79 Å². The van der Waals surface area contributed by atoms with Crippen LogP contribution in [0.25, 0.3) is 0 Å². The Bertz CT molecular complexity index is 2000. The second-order valence-electron chi connectivity index (χ2n) is 18.5. The van der Waals surface area contributed by atoms with Crippen LogP contribution in [0.2, 0.25) is 0 Å². The maximum atomic E-state index is 15.1. The van der Waals surface area contributed by atoms with Crippen LogP contribution < -0.4 is 21.7 Å². The fraction of sp³-hybridized carbons (Fsp3) is 0.660. The molecule has 3 amide bonds. The standard InChI is InChI=1S/C47H74N10O7S/c1-10-31(4)41(52-43(60)38-16-12-13-22-55(38)9)45(61)57(23-14-11-15-35-28-56(24-21-48)54-53-35)39(30(2)3)26-40(64-32(5)58)44-51-37(29-65-44)42(59)50-36(27-47(6,7)46(62)63)25-33-17-19-34(49-8)20-18-33/h17-20,28-31,36,38-41,49H,10-16,21-27,48H2,1-9H3,(H,50,59)(H,52,60)(H,62,63)/t31-,36-,38+,39+,40+,41-/m0/s1. The molecule has 6 N–H and O–H groups in total. The summed E-state index contributed by atoms with van der Waals surface area (Å²) in [7, 11) is 3.77. The number of piperidine rings is 1. The predicted molar refractivity (Wildman–Crippen MR) is 252 cm³/mol. The van der Waals surface area contributed by atoms with Gasteiger partial charge in [-0.1, -0.05) is 57.9 Å². The summed E-state index contributed by atoms with van der Waals surface area (Å²) in [5.74, 6) is -2.64. The Morgan fingerprint density at radius 1 is 1.08 bits per heavy atom. The number of ether oxygens (including phenoxy) is 1. The zero-order chi connectivity index (χ0) is 47.8. The topological polar surface area (TPSA) is 227 Å². The van der Waals surface area contributed by atoms with Crippen LogP contribution in [-0.2, 0) is 43.3 Å². The Kier molecular flexibility index (Phi) is 20.3. The lowest BCUT2D eigenvalue weighted by atomic mass is 9.84. The van der Waals surface area contributed by atoms with Gasteiger partial charge >= 0.3 is 11.9 Å². The molecule has 1 saturated heterocycles. The first-order valence-corrected chi connectivity index (χ1v) is 24.1. The second kappa shape index (κ2) is 25.1. The number of likely N-dealkylation sites (N-methyl/N-ethyl adjacent to an activating group) is 1. The Morgan fingerprint density at radius 2 is 1.80 bits per heavy atom. The van der Waals surface area contributed by atoms with E-state index in [1.165, 1.54) is 18.3 Å². The van der Waals surface area contributed by atoms with Gasteiger partial charge in [0.2, 0.25) is 11.8 Å². The molecule has 6 atom stereocenters. The van der Waals surface area contributed by atoms with Gasteiger partial charge in [0.15, 0.2) is 6.10 Å². The van der Waals surface area contributed by atoms with Gasteiger partial charge < -0.3 is 36.4 Å². The summed E-state index contributed by atoms with van der Waals surface area (Å²) in [4.78, 5) is 76.5. The minimum absolute atomic E-state index is 0.107. The molecule has 1 fully saturated rings. The molecule has 0 bridgehead atoms. The molecule has 2 aromatic heterocycles. The molecule has 0 saturated carbocycles. The molecule has 0 radical (unpaired) electrons. The zero-order valence-electron chi connectivity index (χ0n) is 40.0. The largest absolute Gasteiger partial charge is 0.481 e. The van der Waals surface area contributed by atoms with Gasteiger partial charge in [-0.15, -0.1) is 16.4 Å². The maximum Gasteiger partial charge on any atom is 0.309 e. The van der Waals surface area contributed by atoms with Crippen LogP contribution in [0.15, 0.2) is 35.8 Å². The third kappa shape index (κ3) is 15.6. The zero-order valence-corrected chi connectivity index (χ0v) is 40.8. The summed E-state index contributed by atoms with van der Waals surface area (Å²) in [6, 6.07) is 5.61. The van der Waals surface area contributed by atoms with E-state index in [4.69, 9.17) is 15.5 Å². The molecule has 1 aromatic carbocycles. The minimum Gasteiger partial charge on any atom is -0.481 e. The summed E-state index contributed by atoms with van der Waals surface area (Å²) in [6.07, 6.45) is 7.07. The van der Waals surface area contributed by atoms with Crippen LogP contribution >= 0.6 is 11.3 Å². The van der Waals surface area contributed by atoms with Gasteiger partial charge in [0.25, 0.3) is 5.91 Å². The van der Waals surface area contributed by atoms with Gasteiger partial charge in [-0.05, 0) is 102 Å². The van der Waals surface area contributed by atoms with E-state index in [9.17, 15) is 24.3 Å². The lowest BCUT2D eigenvalue weighted by Crippen LogP contribution is -2.59. The van der Waals surface area contributed by atoms with Crippen molar-refractivity contribution in [2.75, 3.05) is 39.0 Å². The van der Waals surface area contributed by atoms with Gasteiger partial charge in [-0.3, -0.25) is 33.6 Å². The fourth-order valence-electron chi connectivity index (χ4n) is 8.39. The number of nitrogens with two attached hydrogens (primary N) is 1. The molecule has 360 valence electrons. The van der Waals surface area contributed by atoms with E-state index in [0.29, 0.717) is 56.7 Å². The van der Waals surface area contributed by atoms with Gasteiger partial charge in [-0.25, -0.2) is 4.98 Å². The molecule has 1 aliphatic heterocycles. The second-order valence-corrected chi connectivity index (χ2v) is 19.4. The Morgan fingerprint density at radius 3 is 2.42 bits per heavy atom. The fourth-order valence-corrected chi connectivity index (χ4v) is 9.23. The third-order valence-corrected chi connectivity index (χ3v) is 13.5. The molecule has 1 aliphatic rings. The molecule has 0 aliphatic carbocycles. The number of aliphatic carboxylic acids is 1. The number of hydrogen-bond donors (Lipinski definition) is 5. The smallest absolute Gasteiger partial charge is 0.309 e. The van der Waals surface area contributed by atoms with E-state index in [-0.39, 0.29) is 48.2 Å². The van der Waals surface area contributed by atoms with Crippen LogP contribution in [-0.4, -0.2) is 122 Å². The first kappa shape index (κ1) is 52.7. The predicted octanol–water partition coefficient (Wildman–Crippen LogP) is 5.46. The number of carbonyl (C=O) groups excluding carboxylic acids is 4. The average molecular weight is 923 g/mol. The number of nitrogens with one attached hydrogen (secondary N) is 3. The van der Waals surface area contributed by atoms with Crippen LogP contribution in [0.1, 0.15) is 133 Å². The van der Waals surface area contributed by atoms with Crippen LogP contribution in [0.3, 0.4) is 0 Å². The van der Waals surface area contributed by atoms with Crippen molar-refractivity contribution in [3.63, 3.8) is 0 Å². The van der Waals surface area contributed by atoms with Gasteiger partial charge in [0, 0.05) is 62.8 Å². The molecule has 17 nitrogen and oxygen atoms in total. The SMILES string of the molecule is CC[C@H](C)[C@H](NC(=O)[C@H]1CCCCN1C)C(=O)N(CCCCc1cn(CCN)nn1)[C@H](C[C@@H](OC(C)=O)c1nc(C(=O)N[C@@H](Cc2ccc(NC)cc2)CC(C)(C)C(=O)O)cs1)C(C)C. The number of anilines is 1. The highest BCUT2D eigenvalue weighted by Crippen LogP contribution is 2.32. The number of unbranched alkanes of at least 4 members (excludes halogenated alkanes) is 1. The number of likely N-dealkylation sites (tertiary alicyclic amines) is 1. The lowest BCUT2D eigenvalue weighted by molar-refractivity contribution is -0.150. The third-order valence-electron chi connectivity index (χ3n) is 12.5. The molecule has 3 heterocycles. The summed E-state index contributed by atoms with van der Waals surface area (Å²) in [6.45, 7) is 14.8. The number of nitrogens with zero attached hydrogens (tertiary/aromatic N) is 6. The van der Waals surface area contributed by atoms with Crippen molar-refractivity contribution < 1.29 is 33.8 Å². The number of hydrogen-bond acceptors (Lipinski definition) is 13.